The number of rotatable bonds is 7. The van der Waals surface area contributed by atoms with Gasteiger partial charge in [0.2, 0.25) is 0 Å². The zero-order chi connectivity index (χ0) is 23.1. The van der Waals surface area contributed by atoms with Crippen molar-refractivity contribution in [2.75, 3.05) is 0 Å². The minimum atomic E-state index is -0.243. The highest BCUT2D eigenvalue weighted by molar-refractivity contribution is 6.31. The van der Waals surface area contributed by atoms with Crippen LogP contribution in [0.3, 0.4) is 0 Å². The van der Waals surface area contributed by atoms with Gasteiger partial charge >= 0.3 is 0 Å². The van der Waals surface area contributed by atoms with Gasteiger partial charge in [0.15, 0.2) is 5.82 Å². The molecule has 0 amide bonds. The van der Waals surface area contributed by atoms with Crippen LogP contribution in [-0.2, 0) is 19.4 Å². The summed E-state index contributed by atoms with van der Waals surface area (Å²) >= 11 is 6.34. The number of aromatic nitrogens is 6. The van der Waals surface area contributed by atoms with Crippen molar-refractivity contribution in [3.8, 4) is 17.1 Å². The van der Waals surface area contributed by atoms with Gasteiger partial charge in [0.25, 0.3) is 0 Å². The van der Waals surface area contributed by atoms with E-state index in [1.165, 1.54) is 30.5 Å². The number of halogens is 2. The lowest BCUT2D eigenvalue weighted by molar-refractivity contribution is 0.543. The summed E-state index contributed by atoms with van der Waals surface area (Å²) in [6, 6.07) is 8.55. The highest BCUT2D eigenvalue weighted by Gasteiger charge is 2.26. The number of nitrogens with zero attached hydrogens (tertiary/aromatic N) is 6. The van der Waals surface area contributed by atoms with E-state index in [9.17, 15) is 4.39 Å². The molecule has 1 aliphatic carbocycles. The van der Waals surface area contributed by atoms with Crippen LogP contribution in [0, 0.1) is 25.6 Å². The Morgan fingerprint density at radius 3 is 2.48 bits per heavy atom. The monoisotopic (exact) mass is 464 g/mol. The Morgan fingerprint density at radius 2 is 1.85 bits per heavy atom. The maximum Gasteiger partial charge on any atom is 0.157 e. The van der Waals surface area contributed by atoms with Crippen molar-refractivity contribution in [2.24, 2.45) is 5.92 Å². The fraction of sp³-hybridized carbons (Fsp3) is 0.360. The summed E-state index contributed by atoms with van der Waals surface area (Å²) in [5, 5.41) is 10.2. The average molecular weight is 465 g/mol. The van der Waals surface area contributed by atoms with Crippen LogP contribution in [0.5, 0.6) is 0 Å². The quantitative estimate of drug-likeness (QED) is 0.362. The first kappa shape index (κ1) is 21.8. The van der Waals surface area contributed by atoms with Crippen molar-refractivity contribution < 1.29 is 4.39 Å². The maximum atomic E-state index is 13.5. The molecule has 6 nitrogen and oxygen atoms in total. The van der Waals surface area contributed by atoms with E-state index in [2.05, 4.69) is 26.7 Å². The predicted molar refractivity (Wildman–Crippen MR) is 126 cm³/mol. The Hall–Kier alpha value is -3.06. The minimum absolute atomic E-state index is 0.243. The van der Waals surface area contributed by atoms with E-state index in [1.807, 2.05) is 19.9 Å². The van der Waals surface area contributed by atoms with E-state index >= 15 is 0 Å². The molecule has 0 atom stereocenters. The Morgan fingerprint density at radius 1 is 1.09 bits per heavy atom. The molecule has 3 heterocycles. The molecule has 3 aromatic heterocycles. The van der Waals surface area contributed by atoms with E-state index in [0.29, 0.717) is 23.2 Å². The summed E-state index contributed by atoms with van der Waals surface area (Å²) < 4.78 is 17.4. The maximum absolute atomic E-state index is 13.5. The molecule has 0 saturated heterocycles. The molecule has 0 radical (unpaired) electrons. The van der Waals surface area contributed by atoms with Crippen LogP contribution >= 0.6 is 11.6 Å². The molecule has 1 aromatic carbocycles. The van der Waals surface area contributed by atoms with Gasteiger partial charge in [-0.25, -0.2) is 19.0 Å². The largest absolute Gasteiger partial charge is 0.268 e. The van der Waals surface area contributed by atoms with Crippen LogP contribution in [0.1, 0.15) is 48.1 Å². The second-order valence-electron chi connectivity index (χ2n) is 8.70. The minimum Gasteiger partial charge on any atom is -0.268 e. The van der Waals surface area contributed by atoms with Gasteiger partial charge < -0.3 is 0 Å². The van der Waals surface area contributed by atoms with Crippen LogP contribution in [0.4, 0.5) is 4.39 Å². The molecular weight excluding hydrogens is 439 g/mol. The van der Waals surface area contributed by atoms with Gasteiger partial charge in [0, 0.05) is 35.9 Å². The molecule has 1 aliphatic rings. The molecule has 1 fully saturated rings. The highest BCUT2D eigenvalue weighted by atomic mass is 35.5. The van der Waals surface area contributed by atoms with Crippen molar-refractivity contribution >= 4 is 11.6 Å². The average Bonchev–Trinajstić information content (AvgIpc) is 3.52. The van der Waals surface area contributed by atoms with Crippen molar-refractivity contribution in [1.82, 2.24) is 29.5 Å². The molecule has 5 rings (SSSR count). The summed E-state index contributed by atoms with van der Waals surface area (Å²) in [5.74, 6) is 1.12. The Kier molecular flexibility index (Phi) is 5.74. The zero-order valence-electron chi connectivity index (χ0n) is 19.0. The first-order chi connectivity index (χ1) is 15.9. The molecule has 0 aliphatic heterocycles. The summed E-state index contributed by atoms with van der Waals surface area (Å²) in [4.78, 5) is 8.97. The molecule has 0 N–H and O–H groups in total. The molecule has 0 spiro atoms. The lowest BCUT2D eigenvalue weighted by atomic mass is 10.0. The van der Waals surface area contributed by atoms with Crippen LogP contribution in [0.25, 0.3) is 17.1 Å². The smallest absolute Gasteiger partial charge is 0.157 e. The van der Waals surface area contributed by atoms with Gasteiger partial charge in [-0.2, -0.15) is 10.2 Å². The van der Waals surface area contributed by atoms with Crippen molar-refractivity contribution in [1.29, 1.82) is 0 Å². The molecular formula is C25H26ClFN6. The van der Waals surface area contributed by atoms with Crippen LogP contribution < -0.4 is 0 Å². The van der Waals surface area contributed by atoms with Gasteiger partial charge in [-0.05, 0) is 63.3 Å². The zero-order valence-corrected chi connectivity index (χ0v) is 19.8. The number of hydrogen-bond donors (Lipinski definition) is 0. The first-order valence-electron chi connectivity index (χ1n) is 11.3. The van der Waals surface area contributed by atoms with Crippen LogP contribution in [-0.4, -0.2) is 29.5 Å². The second-order valence-corrected chi connectivity index (χ2v) is 9.08. The van der Waals surface area contributed by atoms with E-state index in [0.717, 1.165) is 47.0 Å². The van der Waals surface area contributed by atoms with Gasteiger partial charge in [-0.3, -0.25) is 4.68 Å². The standard InChI is InChI=1S/C25H26ClFN6/c1-4-21-22(11-20-12-23(29-14-28-20)33-16(3)24(26)15(2)30-33)32(13-17-5-6-17)31-25(21)18-7-9-19(27)10-8-18/h7-10,12,14,17H,4-6,11,13H2,1-3H3. The molecule has 0 bridgehead atoms. The van der Waals surface area contributed by atoms with Crippen molar-refractivity contribution in [3.05, 3.63) is 75.8 Å². The summed E-state index contributed by atoms with van der Waals surface area (Å²) in [6.07, 6.45) is 5.51. The van der Waals surface area contributed by atoms with Gasteiger partial charge in [0.1, 0.15) is 12.1 Å². The van der Waals surface area contributed by atoms with Crippen LogP contribution in [0.15, 0.2) is 36.7 Å². The lowest BCUT2D eigenvalue weighted by Gasteiger charge is -2.10. The number of benzene rings is 1. The second kappa shape index (κ2) is 8.71. The molecule has 170 valence electrons. The Bertz CT molecular complexity index is 1300. The van der Waals surface area contributed by atoms with Crippen molar-refractivity contribution in [3.63, 3.8) is 0 Å². The third-order valence-corrected chi connectivity index (χ3v) is 6.79. The molecule has 8 heteroatoms. The lowest BCUT2D eigenvalue weighted by Crippen LogP contribution is -2.10. The fourth-order valence-corrected chi connectivity index (χ4v) is 4.37. The van der Waals surface area contributed by atoms with Crippen molar-refractivity contribution in [2.45, 2.75) is 53.0 Å². The van der Waals surface area contributed by atoms with Gasteiger partial charge in [-0.15, -0.1) is 0 Å². The third kappa shape index (κ3) is 4.29. The number of hydrogen-bond acceptors (Lipinski definition) is 4. The molecule has 4 aromatic rings. The van der Waals surface area contributed by atoms with E-state index in [-0.39, 0.29) is 5.82 Å². The van der Waals surface area contributed by atoms with Gasteiger partial charge in [0.05, 0.1) is 27.8 Å². The SMILES string of the molecule is CCc1c(-c2ccc(F)cc2)nn(CC2CC2)c1Cc1cc(-n2nc(C)c(Cl)c2C)ncn1. The third-order valence-electron chi connectivity index (χ3n) is 6.24. The normalized spacial score (nSPS) is 13.6. The molecule has 0 unspecified atom stereocenters. The fourth-order valence-electron chi connectivity index (χ4n) is 4.26. The predicted octanol–water partition coefficient (Wildman–Crippen LogP) is 5.50. The molecule has 1 saturated carbocycles. The van der Waals surface area contributed by atoms with E-state index in [4.69, 9.17) is 16.7 Å². The Balaban J connectivity index is 1.55. The Labute approximate surface area is 197 Å². The topological polar surface area (TPSA) is 61.4 Å². The van der Waals surface area contributed by atoms with E-state index in [1.54, 1.807) is 23.1 Å². The number of aryl methyl sites for hydroxylation is 1. The molecule has 33 heavy (non-hydrogen) atoms. The summed E-state index contributed by atoms with van der Waals surface area (Å²) in [5.41, 5.74) is 6.70. The highest BCUT2D eigenvalue weighted by Crippen LogP contribution is 2.34. The van der Waals surface area contributed by atoms with Gasteiger partial charge in [-0.1, -0.05) is 18.5 Å². The van der Waals surface area contributed by atoms with E-state index < -0.39 is 0 Å². The summed E-state index contributed by atoms with van der Waals surface area (Å²) in [6.45, 7) is 6.85. The first-order valence-corrected chi connectivity index (χ1v) is 11.7. The van der Waals surface area contributed by atoms with Crippen LogP contribution in [0.2, 0.25) is 5.02 Å². The summed E-state index contributed by atoms with van der Waals surface area (Å²) in [7, 11) is 0.